The zero-order valence-corrected chi connectivity index (χ0v) is 15.9. The molecule has 0 nitrogen and oxygen atoms in total. The molecular formula is C22H20F6. The van der Waals surface area contributed by atoms with E-state index in [1.807, 2.05) is 32.9 Å². The highest BCUT2D eigenvalue weighted by Gasteiger charge is 2.37. The van der Waals surface area contributed by atoms with E-state index in [0.717, 1.165) is 23.3 Å². The third-order valence-corrected chi connectivity index (χ3v) is 5.08. The van der Waals surface area contributed by atoms with E-state index in [4.69, 9.17) is 0 Å². The lowest BCUT2D eigenvalue weighted by atomic mass is 9.85. The number of allylic oxidation sites excluding steroid dienone is 1. The molecule has 1 aliphatic carbocycles. The number of hydrogen-bond donors (Lipinski definition) is 0. The lowest BCUT2D eigenvalue weighted by molar-refractivity contribution is -0.143. The molecule has 1 aliphatic rings. The van der Waals surface area contributed by atoms with Crippen molar-refractivity contribution >= 4 is 6.08 Å². The molecule has 0 unspecified atom stereocenters. The summed E-state index contributed by atoms with van der Waals surface area (Å²) in [6.45, 7) is 7.79. The molecule has 6 heteroatoms. The van der Waals surface area contributed by atoms with E-state index >= 15 is 0 Å². The van der Waals surface area contributed by atoms with Gasteiger partial charge in [-0.05, 0) is 64.8 Å². The molecule has 2 aromatic carbocycles. The van der Waals surface area contributed by atoms with Crippen LogP contribution in [0.1, 0.15) is 48.6 Å². The van der Waals surface area contributed by atoms with E-state index in [1.54, 1.807) is 13.0 Å². The van der Waals surface area contributed by atoms with Gasteiger partial charge in [0, 0.05) is 0 Å². The van der Waals surface area contributed by atoms with Crippen LogP contribution in [0.25, 0.3) is 17.2 Å². The first-order chi connectivity index (χ1) is 12.7. The summed E-state index contributed by atoms with van der Waals surface area (Å²) in [5.41, 5.74) is 0.967. The standard InChI is InChI=1S/C22H20F6/c1-12-5-6-13-7-15(20(2,3)4)11-18(13)19(12)14-8-16(21(23,24)25)10-17(9-14)22(26,27)28/h5-6,8-11H,7H2,1-4H3. The number of fused-ring (bicyclic) bond motifs is 1. The zero-order valence-electron chi connectivity index (χ0n) is 15.9. The molecular weight excluding hydrogens is 378 g/mol. The first-order valence-corrected chi connectivity index (χ1v) is 8.81. The van der Waals surface area contributed by atoms with Gasteiger partial charge in [0.2, 0.25) is 0 Å². The molecule has 0 fully saturated rings. The van der Waals surface area contributed by atoms with Crippen LogP contribution in [0.3, 0.4) is 0 Å². The van der Waals surface area contributed by atoms with Crippen molar-refractivity contribution in [2.45, 2.75) is 46.5 Å². The maximum atomic E-state index is 13.3. The van der Waals surface area contributed by atoms with Gasteiger partial charge in [-0.1, -0.05) is 44.6 Å². The largest absolute Gasteiger partial charge is 0.416 e. The summed E-state index contributed by atoms with van der Waals surface area (Å²) in [5.74, 6) is 0. The summed E-state index contributed by atoms with van der Waals surface area (Å²) in [6, 6.07) is 5.42. The summed E-state index contributed by atoms with van der Waals surface area (Å²) in [5, 5.41) is 0. The molecule has 0 bridgehead atoms. The van der Waals surface area contributed by atoms with Crippen LogP contribution in [0.5, 0.6) is 0 Å². The summed E-state index contributed by atoms with van der Waals surface area (Å²) in [7, 11) is 0. The first-order valence-electron chi connectivity index (χ1n) is 8.81. The van der Waals surface area contributed by atoms with E-state index in [2.05, 4.69) is 0 Å². The van der Waals surface area contributed by atoms with Crippen molar-refractivity contribution in [1.82, 2.24) is 0 Å². The summed E-state index contributed by atoms with van der Waals surface area (Å²) < 4.78 is 79.6. The van der Waals surface area contributed by atoms with Gasteiger partial charge in [0.25, 0.3) is 0 Å². The number of aryl methyl sites for hydroxylation is 1. The van der Waals surface area contributed by atoms with Gasteiger partial charge < -0.3 is 0 Å². The Labute approximate surface area is 159 Å². The summed E-state index contributed by atoms with van der Waals surface area (Å²) in [6.07, 6.45) is -7.19. The molecule has 150 valence electrons. The van der Waals surface area contributed by atoms with E-state index in [1.165, 1.54) is 0 Å². The van der Waals surface area contributed by atoms with Crippen molar-refractivity contribution in [1.29, 1.82) is 0 Å². The van der Waals surface area contributed by atoms with Crippen molar-refractivity contribution in [3.63, 3.8) is 0 Å². The second-order valence-electron chi connectivity index (χ2n) is 8.22. The lowest BCUT2D eigenvalue weighted by Gasteiger charge is -2.19. The maximum absolute atomic E-state index is 13.3. The predicted molar refractivity (Wildman–Crippen MR) is 97.8 cm³/mol. The minimum atomic E-state index is -4.87. The van der Waals surface area contributed by atoms with Crippen molar-refractivity contribution in [2.24, 2.45) is 5.41 Å². The van der Waals surface area contributed by atoms with Crippen molar-refractivity contribution < 1.29 is 26.3 Å². The zero-order chi connectivity index (χ0) is 21.1. The van der Waals surface area contributed by atoms with E-state index in [9.17, 15) is 26.3 Å². The molecule has 0 saturated heterocycles. The number of rotatable bonds is 1. The van der Waals surface area contributed by atoms with Gasteiger partial charge in [-0.3, -0.25) is 0 Å². The van der Waals surface area contributed by atoms with Gasteiger partial charge in [-0.2, -0.15) is 26.3 Å². The van der Waals surface area contributed by atoms with Gasteiger partial charge in [0.15, 0.2) is 0 Å². The van der Waals surface area contributed by atoms with Crippen LogP contribution in [-0.2, 0) is 18.8 Å². The Morgan fingerprint density at radius 2 is 1.32 bits per heavy atom. The first kappa shape index (κ1) is 20.5. The fourth-order valence-corrected chi connectivity index (χ4v) is 3.49. The van der Waals surface area contributed by atoms with Gasteiger partial charge in [-0.25, -0.2) is 0 Å². The number of halogens is 6. The molecule has 0 heterocycles. The lowest BCUT2D eigenvalue weighted by Crippen LogP contribution is -2.11. The Morgan fingerprint density at radius 1 is 0.786 bits per heavy atom. The normalized spacial score (nSPS) is 14.9. The molecule has 2 aromatic rings. The van der Waals surface area contributed by atoms with E-state index in [-0.39, 0.29) is 17.0 Å². The van der Waals surface area contributed by atoms with Crippen LogP contribution in [0.2, 0.25) is 0 Å². The molecule has 0 saturated carbocycles. The van der Waals surface area contributed by atoms with Gasteiger partial charge >= 0.3 is 12.4 Å². The Hall–Kier alpha value is -2.24. The topological polar surface area (TPSA) is 0 Å². The predicted octanol–water partition coefficient (Wildman–Crippen LogP) is 7.69. The molecule has 0 aliphatic heterocycles. The van der Waals surface area contributed by atoms with Crippen molar-refractivity contribution in [3.8, 4) is 11.1 Å². The van der Waals surface area contributed by atoms with Crippen LogP contribution < -0.4 is 0 Å². The Balaban J connectivity index is 2.29. The molecule has 28 heavy (non-hydrogen) atoms. The quantitative estimate of drug-likeness (QED) is 0.432. The van der Waals surface area contributed by atoms with Gasteiger partial charge in [-0.15, -0.1) is 0 Å². The van der Waals surface area contributed by atoms with Crippen LogP contribution in [-0.4, -0.2) is 0 Å². The molecule has 3 rings (SSSR count). The SMILES string of the molecule is Cc1ccc2c(c1-c1cc(C(F)(F)F)cc(C(F)(F)F)c1)C=C(C(C)(C)C)C2. The average molecular weight is 398 g/mol. The highest BCUT2D eigenvalue weighted by atomic mass is 19.4. The van der Waals surface area contributed by atoms with Gasteiger partial charge in [0.05, 0.1) is 11.1 Å². The second kappa shape index (κ2) is 6.39. The molecule has 0 amide bonds. The number of benzene rings is 2. The smallest absolute Gasteiger partial charge is 0.166 e. The average Bonchev–Trinajstić information content (AvgIpc) is 2.97. The molecule has 0 radical (unpaired) electrons. The Kier molecular flexibility index (Phi) is 4.68. The van der Waals surface area contributed by atoms with Crippen molar-refractivity contribution in [2.75, 3.05) is 0 Å². The monoisotopic (exact) mass is 398 g/mol. The van der Waals surface area contributed by atoms with Crippen molar-refractivity contribution in [3.05, 3.63) is 63.7 Å². The Bertz CT molecular complexity index is 920. The molecule has 0 spiro atoms. The van der Waals surface area contributed by atoms with Crippen LogP contribution in [0.4, 0.5) is 26.3 Å². The highest BCUT2D eigenvalue weighted by molar-refractivity contribution is 5.84. The molecule has 0 aromatic heterocycles. The van der Waals surface area contributed by atoms with Crippen LogP contribution in [0.15, 0.2) is 35.9 Å². The number of hydrogen-bond acceptors (Lipinski definition) is 0. The minimum Gasteiger partial charge on any atom is -0.166 e. The molecule has 0 atom stereocenters. The summed E-state index contributed by atoms with van der Waals surface area (Å²) >= 11 is 0. The fraction of sp³-hybridized carbons (Fsp3) is 0.364. The second-order valence-corrected chi connectivity index (χ2v) is 8.22. The minimum absolute atomic E-state index is 0.0668. The third kappa shape index (κ3) is 3.82. The highest BCUT2D eigenvalue weighted by Crippen LogP contribution is 2.44. The van der Waals surface area contributed by atoms with Crippen LogP contribution >= 0.6 is 0 Å². The van der Waals surface area contributed by atoms with Crippen LogP contribution in [0, 0.1) is 12.3 Å². The summed E-state index contributed by atoms with van der Waals surface area (Å²) in [4.78, 5) is 0. The molecule has 0 N–H and O–H groups in total. The fourth-order valence-electron chi connectivity index (χ4n) is 3.49. The van der Waals surface area contributed by atoms with Gasteiger partial charge in [0.1, 0.15) is 0 Å². The third-order valence-electron chi connectivity index (χ3n) is 5.08. The Morgan fingerprint density at radius 3 is 1.79 bits per heavy atom. The maximum Gasteiger partial charge on any atom is 0.416 e. The van der Waals surface area contributed by atoms with E-state index in [0.29, 0.717) is 23.1 Å². The van der Waals surface area contributed by atoms with E-state index < -0.39 is 23.5 Å². The number of alkyl halides is 6.